The topological polar surface area (TPSA) is 37.4 Å². The van der Waals surface area contributed by atoms with E-state index in [0.29, 0.717) is 21.6 Å². The molecule has 0 aliphatic heterocycles. The molecule has 0 spiro atoms. The minimum absolute atomic E-state index is 0.156. The van der Waals surface area contributed by atoms with Gasteiger partial charge in [-0.15, -0.1) is 0 Å². The summed E-state index contributed by atoms with van der Waals surface area (Å²) in [6.45, 7) is -1.46. The van der Waals surface area contributed by atoms with Gasteiger partial charge in [0.25, 0.3) is 0 Å². The second-order valence-corrected chi connectivity index (χ2v) is 8.10. The number of hydrogen-bond acceptors (Lipinski definition) is 2. The molecule has 1 aromatic carbocycles. The molecule has 0 N–H and O–H groups in total. The van der Waals surface area contributed by atoms with Crippen LogP contribution in [0.3, 0.4) is 0 Å². The highest BCUT2D eigenvalue weighted by Crippen LogP contribution is 2.37. The van der Waals surface area contributed by atoms with Crippen LogP contribution in [0.2, 0.25) is 0 Å². The summed E-state index contributed by atoms with van der Waals surface area (Å²) in [5.41, 5.74) is 0. The second-order valence-electron chi connectivity index (χ2n) is 4.47. The lowest BCUT2D eigenvalue weighted by molar-refractivity contribution is -0.137. The van der Waals surface area contributed by atoms with Gasteiger partial charge < -0.3 is 0 Å². The molecule has 0 atom stereocenters. The van der Waals surface area contributed by atoms with E-state index in [4.69, 9.17) is 0 Å². The molecule has 3 nitrogen and oxygen atoms in total. The largest absolute Gasteiger partial charge is 0.402 e. The maximum atomic E-state index is 12.6. The minimum atomic E-state index is -4.56. The average Bonchev–Trinajstić information content (AvgIpc) is 3.07. The zero-order chi connectivity index (χ0) is 15.1. The smallest absolute Gasteiger partial charge is 0.207 e. The highest BCUT2D eigenvalue weighted by Gasteiger charge is 2.45. The Kier molecular flexibility index (Phi) is 4.54. The number of nitrogens with zero attached hydrogens (tertiary/aromatic N) is 1. The molecule has 1 aromatic rings. The van der Waals surface area contributed by atoms with Crippen LogP contribution in [0.1, 0.15) is 12.8 Å². The van der Waals surface area contributed by atoms with Crippen molar-refractivity contribution in [2.45, 2.75) is 30.0 Å². The molecule has 1 saturated carbocycles. The van der Waals surface area contributed by atoms with E-state index in [1.165, 1.54) is 18.2 Å². The number of benzene rings is 1. The van der Waals surface area contributed by atoms with Crippen molar-refractivity contribution >= 4 is 41.9 Å². The molecule has 1 aliphatic rings. The highest BCUT2D eigenvalue weighted by molar-refractivity contribution is 9.11. The predicted octanol–water partition coefficient (Wildman–Crippen LogP) is 3.93. The van der Waals surface area contributed by atoms with Crippen LogP contribution in [-0.4, -0.2) is 31.5 Å². The maximum absolute atomic E-state index is 12.6. The molecule has 0 unspecified atom stereocenters. The van der Waals surface area contributed by atoms with Gasteiger partial charge in [0, 0.05) is 15.0 Å². The molecule has 1 fully saturated rings. The third kappa shape index (κ3) is 3.75. The van der Waals surface area contributed by atoms with Gasteiger partial charge >= 0.3 is 6.18 Å². The highest BCUT2D eigenvalue weighted by atomic mass is 79.9. The summed E-state index contributed by atoms with van der Waals surface area (Å²) in [6.07, 6.45) is -3.63. The van der Waals surface area contributed by atoms with Gasteiger partial charge in [0.2, 0.25) is 10.0 Å². The van der Waals surface area contributed by atoms with Crippen LogP contribution >= 0.6 is 31.9 Å². The van der Waals surface area contributed by atoms with Gasteiger partial charge in [-0.05, 0) is 47.0 Å². The Bertz CT molecular complexity index is 615. The Morgan fingerprint density at radius 3 is 2.30 bits per heavy atom. The van der Waals surface area contributed by atoms with E-state index >= 15 is 0 Å². The van der Waals surface area contributed by atoms with Crippen molar-refractivity contribution in [1.82, 2.24) is 4.31 Å². The first-order valence-corrected chi connectivity index (χ1v) is 8.67. The fraction of sp³-hybridized carbons (Fsp3) is 0.455. The summed E-state index contributed by atoms with van der Waals surface area (Å²) in [4.78, 5) is -0.156. The molecule has 0 bridgehead atoms. The molecular weight excluding hydrogens is 427 g/mol. The maximum Gasteiger partial charge on any atom is 0.402 e. The van der Waals surface area contributed by atoms with E-state index in [0.717, 1.165) is 0 Å². The first kappa shape index (κ1) is 16.3. The molecule has 0 aromatic heterocycles. The van der Waals surface area contributed by atoms with Crippen molar-refractivity contribution in [3.05, 3.63) is 27.1 Å². The lowest BCUT2D eigenvalue weighted by Gasteiger charge is -2.23. The van der Waals surface area contributed by atoms with Gasteiger partial charge in [-0.3, -0.25) is 0 Å². The van der Waals surface area contributed by atoms with Crippen molar-refractivity contribution in [2.75, 3.05) is 6.54 Å². The molecule has 0 saturated heterocycles. The van der Waals surface area contributed by atoms with Crippen LogP contribution in [0.25, 0.3) is 0 Å². The summed E-state index contributed by atoms with van der Waals surface area (Å²) in [5.74, 6) is 0. The molecule has 20 heavy (non-hydrogen) atoms. The van der Waals surface area contributed by atoms with Crippen LogP contribution < -0.4 is 0 Å². The standard InChI is InChI=1S/C11H10Br2F3NO2S/c12-7-1-4-10(9(13)5-7)20(18,19)17(8-2-3-8)6-11(14,15)16/h1,4-5,8H,2-3,6H2. The summed E-state index contributed by atoms with van der Waals surface area (Å²) in [5, 5.41) is 0. The Morgan fingerprint density at radius 2 is 1.85 bits per heavy atom. The number of alkyl halides is 3. The van der Waals surface area contributed by atoms with Crippen LogP contribution in [0, 0.1) is 0 Å². The number of halogens is 5. The van der Waals surface area contributed by atoms with Gasteiger partial charge in [0.15, 0.2) is 0 Å². The van der Waals surface area contributed by atoms with Crippen LogP contribution in [0.15, 0.2) is 32.0 Å². The summed E-state index contributed by atoms with van der Waals surface area (Å²) < 4.78 is 64.0. The van der Waals surface area contributed by atoms with Crippen LogP contribution in [-0.2, 0) is 10.0 Å². The fourth-order valence-electron chi connectivity index (χ4n) is 1.76. The van der Waals surface area contributed by atoms with E-state index in [-0.39, 0.29) is 9.37 Å². The zero-order valence-corrected chi connectivity index (χ0v) is 14.0. The first-order valence-electron chi connectivity index (χ1n) is 5.65. The van der Waals surface area contributed by atoms with Crippen molar-refractivity contribution < 1.29 is 21.6 Å². The molecule has 0 radical (unpaired) electrons. The second kappa shape index (κ2) is 5.58. The monoisotopic (exact) mass is 435 g/mol. The summed E-state index contributed by atoms with van der Waals surface area (Å²) >= 11 is 6.26. The molecule has 1 aliphatic carbocycles. The van der Waals surface area contributed by atoms with Gasteiger partial charge in [-0.25, -0.2) is 8.42 Å². The van der Waals surface area contributed by atoms with E-state index in [2.05, 4.69) is 31.9 Å². The van der Waals surface area contributed by atoms with Crippen molar-refractivity contribution in [2.24, 2.45) is 0 Å². The van der Waals surface area contributed by atoms with E-state index < -0.39 is 28.8 Å². The van der Waals surface area contributed by atoms with Gasteiger partial charge in [0.05, 0.1) is 4.90 Å². The predicted molar refractivity (Wildman–Crippen MR) is 74.8 cm³/mol. The Balaban J connectivity index is 2.40. The number of rotatable bonds is 4. The first-order chi connectivity index (χ1) is 9.11. The van der Waals surface area contributed by atoms with Crippen LogP contribution in [0.5, 0.6) is 0 Å². The number of sulfonamides is 1. The molecule has 112 valence electrons. The fourth-order valence-corrected chi connectivity index (χ4v) is 5.14. The van der Waals surface area contributed by atoms with E-state index in [9.17, 15) is 21.6 Å². The van der Waals surface area contributed by atoms with Crippen LogP contribution in [0.4, 0.5) is 13.2 Å². The third-order valence-corrected chi connectivity index (χ3v) is 6.14. The van der Waals surface area contributed by atoms with Crippen molar-refractivity contribution in [3.63, 3.8) is 0 Å². The Morgan fingerprint density at radius 1 is 1.25 bits per heavy atom. The lowest BCUT2D eigenvalue weighted by atomic mass is 10.4. The summed E-state index contributed by atoms with van der Waals surface area (Å²) in [7, 11) is -4.17. The van der Waals surface area contributed by atoms with Gasteiger partial charge in [0.1, 0.15) is 6.54 Å². The zero-order valence-electron chi connectivity index (χ0n) is 9.99. The van der Waals surface area contributed by atoms with Gasteiger partial charge in [-0.1, -0.05) is 15.9 Å². The SMILES string of the molecule is O=S(=O)(c1ccc(Br)cc1Br)N(CC(F)(F)F)C1CC1. The van der Waals surface area contributed by atoms with Gasteiger partial charge in [-0.2, -0.15) is 17.5 Å². The number of hydrogen-bond donors (Lipinski definition) is 0. The third-order valence-electron chi connectivity index (χ3n) is 2.77. The lowest BCUT2D eigenvalue weighted by Crippen LogP contribution is -2.40. The average molecular weight is 437 g/mol. The Hall–Kier alpha value is -0.120. The van der Waals surface area contributed by atoms with E-state index in [1.54, 1.807) is 0 Å². The molecule has 2 rings (SSSR count). The molecule has 0 heterocycles. The molecule has 0 amide bonds. The van der Waals surface area contributed by atoms with Crippen molar-refractivity contribution in [3.8, 4) is 0 Å². The quantitative estimate of drug-likeness (QED) is 0.717. The molecule has 9 heteroatoms. The Labute approximate surface area is 131 Å². The normalized spacial score (nSPS) is 16.7. The minimum Gasteiger partial charge on any atom is -0.207 e. The molecular formula is C11H10Br2F3NO2S. The summed E-state index contributed by atoms with van der Waals surface area (Å²) in [6, 6.07) is 3.70. The van der Waals surface area contributed by atoms with E-state index in [1.807, 2.05) is 0 Å². The van der Waals surface area contributed by atoms with Crippen molar-refractivity contribution in [1.29, 1.82) is 0 Å².